The van der Waals surface area contributed by atoms with E-state index in [1.807, 2.05) is 19.1 Å². The highest BCUT2D eigenvalue weighted by Gasteiger charge is 2.16. The Bertz CT molecular complexity index is 361. The molecule has 0 radical (unpaired) electrons. The number of rotatable bonds is 6. The van der Waals surface area contributed by atoms with Crippen LogP contribution in [0.15, 0.2) is 24.3 Å². The first-order valence-electron chi connectivity index (χ1n) is 5.83. The molecule has 3 N–H and O–H groups in total. The number of nitrogens with two attached hydrogens (primary N) is 1. The molecule has 1 aromatic rings. The van der Waals surface area contributed by atoms with E-state index >= 15 is 0 Å². The predicted molar refractivity (Wildman–Crippen MR) is 66.0 cm³/mol. The summed E-state index contributed by atoms with van der Waals surface area (Å²) in [7, 11) is 0. The first-order chi connectivity index (χ1) is 8.08. The number of hydrogen-bond acceptors (Lipinski definition) is 3. The zero-order chi connectivity index (χ0) is 12.8. The van der Waals surface area contributed by atoms with Gasteiger partial charge in [0.05, 0.1) is 0 Å². The van der Waals surface area contributed by atoms with Crippen molar-refractivity contribution >= 4 is 5.97 Å². The summed E-state index contributed by atoms with van der Waals surface area (Å²) >= 11 is 0. The highest BCUT2D eigenvalue weighted by atomic mass is 16.5. The molecule has 0 spiro atoms. The second-order valence-electron chi connectivity index (χ2n) is 3.94. The van der Waals surface area contributed by atoms with Gasteiger partial charge in [0.15, 0.2) is 6.10 Å². The molecule has 17 heavy (non-hydrogen) atoms. The van der Waals surface area contributed by atoms with Crippen molar-refractivity contribution in [2.75, 3.05) is 0 Å². The number of carboxylic acid groups (broad SMARTS) is 1. The van der Waals surface area contributed by atoms with E-state index in [1.54, 1.807) is 19.1 Å². The molecule has 94 valence electrons. The zero-order valence-corrected chi connectivity index (χ0v) is 10.2. The molecule has 0 aliphatic rings. The molecule has 0 heterocycles. The Balaban J connectivity index is 2.71. The summed E-state index contributed by atoms with van der Waals surface area (Å²) in [6.07, 6.45) is 0.513. The number of aliphatic carboxylic acids is 1. The largest absolute Gasteiger partial charge is 0.479 e. The van der Waals surface area contributed by atoms with Crippen LogP contribution in [0, 0.1) is 0 Å². The van der Waals surface area contributed by atoms with E-state index in [2.05, 4.69) is 0 Å². The zero-order valence-electron chi connectivity index (χ0n) is 10.2. The van der Waals surface area contributed by atoms with Gasteiger partial charge in [-0.3, -0.25) is 0 Å². The molecule has 1 aromatic carbocycles. The average Bonchev–Trinajstić information content (AvgIpc) is 2.35. The van der Waals surface area contributed by atoms with Crippen LogP contribution < -0.4 is 10.5 Å². The Hall–Kier alpha value is -1.55. The fourth-order valence-electron chi connectivity index (χ4n) is 1.50. The monoisotopic (exact) mass is 237 g/mol. The minimum Gasteiger partial charge on any atom is -0.479 e. The normalized spacial score (nSPS) is 14.1. The average molecular weight is 237 g/mol. The Morgan fingerprint density at radius 3 is 2.29 bits per heavy atom. The molecule has 4 nitrogen and oxygen atoms in total. The highest BCUT2D eigenvalue weighted by molar-refractivity contribution is 5.72. The van der Waals surface area contributed by atoms with Crippen LogP contribution in [0.25, 0.3) is 0 Å². The lowest BCUT2D eigenvalue weighted by atomic mass is 10.1. The molecule has 0 aliphatic heterocycles. The third-order valence-electron chi connectivity index (χ3n) is 2.67. The van der Waals surface area contributed by atoms with Crippen LogP contribution in [-0.2, 0) is 4.79 Å². The van der Waals surface area contributed by atoms with Crippen molar-refractivity contribution < 1.29 is 14.6 Å². The van der Waals surface area contributed by atoms with E-state index in [-0.39, 0.29) is 6.04 Å². The molecule has 0 fully saturated rings. The minimum absolute atomic E-state index is 0.0190. The SMILES string of the molecule is CCC(Oc1ccc([C@@H](N)CC)cc1)C(=O)O. The highest BCUT2D eigenvalue weighted by Crippen LogP contribution is 2.19. The summed E-state index contributed by atoms with van der Waals surface area (Å²) in [5.74, 6) is -0.381. The van der Waals surface area contributed by atoms with E-state index in [0.717, 1.165) is 12.0 Å². The smallest absolute Gasteiger partial charge is 0.344 e. The summed E-state index contributed by atoms with van der Waals surface area (Å²) in [6.45, 7) is 3.80. The summed E-state index contributed by atoms with van der Waals surface area (Å²) in [6, 6.07) is 7.29. The maximum Gasteiger partial charge on any atom is 0.344 e. The molecule has 0 aliphatic carbocycles. The van der Waals surface area contributed by atoms with Gasteiger partial charge in [0.2, 0.25) is 0 Å². The fourth-order valence-corrected chi connectivity index (χ4v) is 1.50. The topological polar surface area (TPSA) is 72.5 Å². The molecule has 4 heteroatoms. The van der Waals surface area contributed by atoms with Crippen LogP contribution in [0.2, 0.25) is 0 Å². The summed E-state index contributed by atoms with van der Waals surface area (Å²) in [4.78, 5) is 10.8. The molecule has 0 saturated heterocycles. The lowest BCUT2D eigenvalue weighted by molar-refractivity contribution is -0.145. The Morgan fingerprint density at radius 2 is 1.88 bits per heavy atom. The first-order valence-corrected chi connectivity index (χ1v) is 5.83. The van der Waals surface area contributed by atoms with Gasteiger partial charge in [-0.1, -0.05) is 26.0 Å². The second kappa shape index (κ2) is 6.25. The summed E-state index contributed by atoms with van der Waals surface area (Å²) < 4.78 is 5.35. The quantitative estimate of drug-likeness (QED) is 0.796. The van der Waals surface area contributed by atoms with E-state index in [9.17, 15) is 4.79 Å². The van der Waals surface area contributed by atoms with Crippen molar-refractivity contribution in [1.82, 2.24) is 0 Å². The molecule has 0 aromatic heterocycles. The Morgan fingerprint density at radius 1 is 1.29 bits per heavy atom. The molecular weight excluding hydrogens is 218 g/mol. The number of hydrogen-bond donors (Lipinski definition) is 2. The van der Waals surface area contributed by atoms with Crippen molar-refractivity contribution in [3.8, 4) is 5.75 Å². The summed E-state index contributed by atoms with van der Waals surface area (Å²) in [5.41, 5.74) is 6.92. The minimum atomic E-state index is -0.943. The van der Waals surface area contributed by atoms with Gasteiger partial charge < -0.3 is 15.6 Å². The summed E-state index contributed by atoms with van der Waals surface area (Å²) in [5, 5.41) is 8.87. The second-order valence-corrected chi connectivity index (χ2v) is 3.94. The maximum absolute atomic E-state index is 10.8. The van der Waals surface area contributed by atoms with Crippen LogP contribution in [0.1, 0.15) is 38.3 Å². The molecule has 2 atom stereocenters. The van der Waals surface area contributed by atoms with E-state index in [0.29, 0.717) is 12.2 Å². The Labute approximate surface area is 101 Å². The number of carboxylic acids is 1. The van der Waals surface area contributed by atoms with E-state index in [1.165, 1.54) is 0 Å². The van der Waals surface area contributed by atoms with Crippen LogP contribution in [0.4, 0.5) is 0 Å². The van der Waals surface area contributed by atoms with E-state index in [4.69, 9.17) is 15.6 Å². The Kier molecular flexibility index (Phi) is 4.97. The van der Waals surface area contributed by atoms with Crippen LogP contribution in [0.5, 0.6) is 5.75 Å². The van der Waals surface area contributed by atoms with Crippen LogP contribution in [0.3, 0.4) is 0 Å². The van der Waals surface area contributed by atoms with Gasteiger partial charge in [-0.2, -0.15) is 0 Å². The van der Waals surface area contributed by atoms with Crippen LogP contribution in [-0.4, -0.2) is 17.2 Å². The lowest BCUT2D eigenvalue weighted by Gasteiger charge is -2.14. The van der Waals surface area contributed by atoms with Gasteiger partial charge in [0, 0.05) is 6.04 Å². The standard InChI is InChI=1S/C13H19NO3/c1-3-11(14)9-5-7-10(8-6-9)17-12(4-2)13(15)16/h5-8,11-12H,3-4,14H2,1-2H3,(H,15,16)/t11-,12?/m0/s1. The molecular formula is C13H19NO3. The van der Waals surface area contributed by atoms with Gasteiger partial charge in [-0.25, -0.2) is 4.79 Å². The predicted octanol–water partition coefficient (Wildman–Crippen LogP) is 2.34. The number of ether oxygens (including phenoxy) is 1. The number of carbonyl (C=O) groups is 1. The molecule has 1 unspecified atom stereocenters. The van der Waals surface area contributed by atoms with Crippen molar-refractivity contribution in [1.29, 1.82) is 0 Å². The first kappa shape index (κ1) is 13.5. The number of benzene rings is 1. The maximum atomic E-state index is 10.8. The lowest BCUT2D eigenvalue weighted by Crippen LogP contribution is -2.25. The van der Waals surface area contributed by atoms with Crippen molar-refractivity contribution in [2.45, 2.75) is 38.8 Å². The fraction of sp³-hybridized carbons (Fsp3) is 0.462. The molecule has 1 rings (SSSR count). The third kappa shape index (κ3) is 3.75. The van der Waals surface area contributed by atoms with Crippen molar-refractivity contribution in [2.24, 2.45) is 5.73 Å². The van der Waals surface area contributed by atoms with Crippen molar-refractivity contribution in [3.63, 3.8) is 0 Å². The molecule has 0 saturated carbocycles. The van der Waals surface area contributed by atoms with Crippen LogP contribution >= 0.6 is 0 Å². The van der Waals surface area contributed by atoms with Crippen molar-refractivity contribution in [3.05, 3.63) is 29.8 Å². The van der Waals surface area contributed by atoms with E-state index < -0.39 is 12.1 Å². The third-order valence-corrected chi connectivity index (χ3v) is 2.67. The molecule has 0 amide bonds. The van der Waals surface area contributed by atoms with Gasteiger partial charge in [0.25, 0.3) is 0 Å². The van der Waals surface area contributed by atoms with Gasteiger partial charge in [-0.15, -0.1) is 0 Å². The van der Waals surface area contributed by atoms with Gasteiger partial charge in [0.1, 0.15) is 5.75 Å². The molecule has 0 bridgehead atoms. The van der Waals surface area contributed by atoms with Gasteiger partial charge in [-0.05, 0) is 30.5 Å². The van der Waals surface area contributed by atoms with Gasteiger partial charge >= 0.3 is 5.97 Å².